The number of hydrogen-bond donors (Lipinski definition) is 2. The molecule has 8 bridgehead atoms. The van der Waals surface area contributed by atoms with Crippen LogP contribution in [-0.4, -0.2) is 71.0 Å². The highest BCUT2D eigenvalue weighted by Crippen LogP contribution is 2.48. The third-order valence-electron chi connectivity index (χ3n) is 11.3. The number of H-pyrrole nitrogens is 2. The van der Waals surface area contributed by atoms with Crippen molar-refractivity contribution in [2.24, 2.45) is 0 Å². The molecular formula is C43H57N5O5. The lowest BCUT2D eigenvalue weighted by Crippen LogP contribution is -2.34. The molecule has 0 aliphatic carbocycles. The van der Waals surface area contributed by atoms with Crippen LogP contribution in [0.5, 0.6) is 0 Å². The van der Waals surface area contributed by atoms with Gasteiger partial charge in [-0.25, -0.2) is 4.98 Å². The highest BCUT2D eigenvalue weighted by atomic mass is 16.5. The number of aryl methyl sites for hydroxylation is 4. The number of hydrogen-bond acceptors (Lipinski definition) is 7. The van der Waals surface area contributed by atoms with Crippen LogP contribution in [0, 0.1) is 13.8 Å². The molecule has 5 heterocycles. The Labute approximate surface area is 313 Å². The number of carbonyl (C=O) groups is 3. The first kappa shape index (κ1) is 39.5. The molecule has 5 rings (SSSR count). The van der Waals surface area contributed by atoms with Crippen LogP contribution in [-0.2, 0) is 42.1 Å². The molecular weight excluding hydrogens is 667 g/mol. The summed E-state index contributed by atoms with van der Waals surface area (Å²) in [7, 11) is 6.44. The minimum atomic E-state index is -0.568. The molecule has 1 amide bonds. The van der Waals surface area contributed by atoms with Gasteiger partial charge in [-0.3, -0.25) is 19.4 Å². The van der Waals surface area contributed by atoms with Gasteiger partial charge in [-0.05, 0) is 98.2 Å². The fourth-order valence-corrected chi connectivity index (χ4v) is 7.82. The Morgan fingerprint density at radius 1 is 0.792 bits per heavy atom. The highest BCUT2D eigenvalue weighted by molar-refractivity contribution is 5.85. The number of carbonyl (C=O) groups excluding carboxylic acids is 3. The largest absolute Gasteiger partial charge is 0.469 e. The average Bonchev–Trinajstić information content (AvgIpc) is 3.79. The number of unbranched alkanes of at least 4 members (excludes halogenated alkanes) is 4. The van der Waals surface area contributed by atoms with Crippen LogP contribution in [0.25, 0.3) is 33.7 Å². The second kappa shape index (κ2) is 16.9. The third kappa shape index (κ3) is 8.74. The number of fused-ring (bicyclic) bond motifs is 8. The van der Waals surface area contributed by atoms with E-state index >= 15 is 0 Å². The summed E-state index contributed by atoms with van der Waals surface area (Å²) in [5.74, 6) is -0.480. The summed E-state index contributed by atoms with van der Waals surface area (Å²) in [5.41, 5.74) is 11.5. The lowest BCUT2D eigenvalue weighted by Gasteiger charge is -2.32. The topological polar surface area (TPSA) is 130 Å². The van der Waals surface area contributed by atoms with Crippen molar-refractivity contribution >= 4 is 51.6 Å². The number of aromatic nitrogens is 4. The lowest BCUT2D eigenvalue weighted by atomic mass is 9.70. The maximum atomic E-state index is 13.6. The van der Waals surface area contributed by atoms with Crippen LogP contribution in [0.3, 0.4) is 0 Å². The van der Waals surface area contributed by atoms with Crippen molar-refractivity contribution in [2.45, 2.75) is 117 Å². The van der Waals surface area contributed by atoms with Crippen molar-refractivity contribution in [1.82, 2.24) is 24.8 Å². The molecule has 10 nitrogen and oxygen atoms in total. The monoisotopic (exact) mass is 723 g/mol. The van der Waals surface area contributed by atoms with E-state index in [1.165, 1.54) is 33.5 Å². The van der Waals surface area contributed by atoms with Crippen molar-refractivity contribution < 1.29 is 23.9 Å². The maximum absolute atomic E-state index is 13.6. The van der Waals surface area contributed by atoms with E-state index < -0.39 is 5.41 Å². The zero-order valence-electron chi connectivity index (χ0n) is 33.1. The number of nitrogens with zero attached hydrogens (tertiary/aromatic N) is 3. The number of aromatic amines is 2. The molecule has 2 atom stereocenters. The van der Waals surface area contributed by atoms with Crippen LogP contribution in [0.15, 0.2) is 24.3 Å². The molecule has 10 heteroatoms. The number of rotatable bonds is 14. The Hall–Kier alpha value is -4.73. The van der Waals surface area contributed by atoms with Gasteiger partial charge in [-0.1, -0.05) is 46.0 Å². The fraction of sp³-hybridized carbons (Fsp3) is 0.512. The summed E-state index contributed by atoms with van der Waals surface area (Å²) in [6, 6.07) is 8.37. The van der Waals surface area contributed by atoms with E-state index in [9.17, 15) is 14.4 Å². The zero-order valence-corrected chi connectivity index (χ0v) is 33.1. The molecule has 0 spiro atoms. The van der Waals surface area contributed by atoms with Gasteiger partial charge in [0.25, 0.3) is 0 Å². The van der Waals surface area contributed by atoms with Crippen LogP contribution in [0.1, 0.15) is 130 Å². The van der Waals surface area contributed by atoms with E-state index in [1.54, 1.807) is 4.90 Å². The molecule has 0 fully saturated rings. The van der Waals surface area contributed by atoms with Gasteiger partial charge in [0.1, 0.15) is 0 Å². The summed E-state index contributed by atoms with van der Waals surface area (Å²) in [6.45, 7) is 10.6. The minimum Gasteiger partial charge on any atom is -0.469 e. The molecule has 2 aliphatic heterocycles. The number of methoxy groups -OCH3 is 2. The maximum Gasteiger partial charge on any atom is 0.305 e. The van der Waals surface area contributed by atoms with E-state index in [2.05, 4.69) is 74.9 Å². The fourth-order valence-electron chi connectivity index (χ4n) is 7.82. The number of esters is 2. The van der Waals surface area contributed by atoms with Crippen LogP contribution in [0.2, 0.25) is 0 Å². The van der Waals surface area contributed by atoms with E-state index in [1.807, 2.05) is 14.1 Å². The van der Waals surface area contributed by atoms with Crippen molar-refractivity contribution in [1.29, 1.82) is 0 Å². The molecule has 0 saturated heterocycles. The quantitative estimate of drug-likeness (QED) is 0.126. The van der Waals surface area contributed by atoms with Crippen molar-refractivity contribution in [2.75, 3.05) is 28.3 Å². The van der Waals surface area contributed by atoms with Gasteiger partial charge < -0.3 is 24.3 Å². The number of allylic oxidation sites excluding steroid dienone is 1. The van der Waals surface area contributed by atoms with Crippen LogP contribution < -0.4 is 0 Å². The average molecular weight is 724 g/mol. The second-order valence-electron chi connectivity index (χ2n) is 15.2. The first-order valence-corrected chi connectivity index (χ1v) is 19.1. The van der Waals surface area contributed by atoms with Gasteiger partial charge in [-0.15, -0.1) is 0 Å². The van der Waals surface area contributed by atoms with E-state index in [0.717, 1.165) is 91.9 Å². The van der Waals surface area contributed by atoms with Crippen LogP contribution >= 0.6 is 0 Å². The second-order valence-corrected chi connectivity index (χ2v) is 15.2. The molecule has 3 aromatic heterocycles. The summed E-state index contributed by atoms with van der Waals surface area (Å²) >= 11 is 0. The van der Waals surface area contributed by atoms with Crippen molar-refractivity contribution in [3.63, 3.8) is 0 Å². The van der Waals surface area contributed by atoms with Crippen molar-refractivity contribution in [3.8, 4) is 0 Å². The van der Waals surface area contributed by atoms with Gasteiger partial charge in [-0.2, -0.15) is 0 Å². The molecule has 284 valence electrons. The van der Waals surface area contributed by atoms with E-state index in [0.29, 0.717) is 19.3 Å². The molecule has 2 N–H and O–H groups in total. The molecule has 3 aromatic rings. The minimum absolute atomic E-state index is 0.0174. The zero-order chi connectivity index (χ0) is 38.4. The Morgan fingerprint density at radius 2 is 1.38 bits per heavy atom. The standard InChI is InChI=1S/C43H57N5O5/c1-10-11-12-13-14-15-32-38-22-33-26(2)20-29(44-33)21-34-27(3)30(16-18-41(50)52-8)36(45-34)23-37-31(17-19-42(51)53-9)28(4)35(46-37)24-39(47-38)43(32,5)25-40(49)48(6)7/h20-24,32,45-46H,10-19,25H2,1-9H3/t32-,43+/m0/s1. The van der Waals surface area contributed by atoms with Crippen molar-refractivity contribution in [3.05, 3.63) is 69.3 Å². The molecule has 53 heavy (non-hydrogen) atoms. The first-order valence-electron chi connectivity index (χ1n) is 19.1. The number of amides is 1. The Balaban J connectivity index is 1.84. The predicted molar refractivity (Wildman–Crippen MR) is 211 cm³/mol. The Bertz CT molecular complexity index is 2050. The summed E-state index contributed by atoms with van der Waals surface area (Å²) in [5, 5.41) is 0. The highest BCUT2D eigenvalue weighted by Gasteiger charge is 2.44. The number of nitrogens with one attached hydrogen (secondary N) is 2. The van der Waals surface area contributed by atoms with E-state index in [4.69, 9.17) is 19.4 Å². The number of ether oxygens (including phenoxy) is 2. The van der Waals surface area contributed by atoms with Crippen LogP contribution in [0.4, 0.5) is 0 Å². The lowest BCUT2D eigenvalue weighted by molar-refractivity contribution is -0.141. The molecule has 2 aliphatic rings. The summed E-state index contributed by atoms with van der Waals surface area (Å²) in [4.78, 5) is 57.7. The first-order chi connectivity index (χ1) is 25.3. The Morgan fingerprint density at radius 3 is 1.94 bits per heavy atom. The molecule has 0 radical (unpaired) electrons. The Kier molecular flexibility index (Phi) is 12.6. The third-order valence-corrected chi connectivity index (χ3v) is 11.3. The smallest absolute Gasteiger partial charge is 0.305 e. The normalized spacial score (nSPS) is 16.7. The van der Waals surface area contributed by atoms with Gasteiger partial charge in [0.2, 0.25) is 5.91 Å². The molecule has 0 saturated carbocycles. The summed E-state index contributed by atoms with van der Waals surface area (Å²) in [6.07, 6.45) is 10.5. The van der Waals surface area contributed by atoms with Gasteiger partial charge >= 0.3 is 11.9 Å². The van der Waals surface area contributed by atoms with E-state index in [-0.39, 0.29) is 36.6 Å². The molecule has 0 aromatic carbocycles. The molecule has 0 unspecified atom stereocenters. The van der Waals surface area contributed by atoms with Gasteiger partial charge in [0.15, 0.2) is 0 Å². The predicted octanol–water partition coefficient (Wildman–Crippen LogP) is 8.58. The van der Waals surface area contributed by atoms with Gasteiger partial charge in [0, 0.05) is 78.1 Å². The van der Waals surface area contributed by atoms with Gasteiger partial charge in [0.05, 0.1) is 25.6 Å². The SMILES string of the molecule is CCCCCCC[C@H]1c2cc3nc(cc4[nH]c(cc5[nH]c(cc(n2)[C@]1(C)CC(=O)N(C)C)c(C)c5CCC(=O)OC)c(CCC(=O)OC)c4C)C=C3C. The summed E-state index contributed by atoms with van der Waals surface area (Å²) < 4.78 is 10.0.